The molecule has 1 aromatic carbocycles. The number of pyridine rings is 1. The number of aromatic nitrogens is 1. The van der Waals surface area contributed by atoms with Crippen molar-refractivity contribution in [2.45, 2.75) is 0 Å². The zero-order valence-electron chi connectivity index (χ0n) is 9.14. The van der Waals surface area contributed by atoms with Crippen molar-refractivity contribution < 1.29 is 14.1 Å². The number of nitro groups is 1. The van der Waals surface area contributed by atoms with E-state index < -0.39 is 16.4 Å². The van der Waals surface area contributed by atoms with E-state index in [1.165, 1.54) is 18.3 Å². The van der Waals surface area contributed by atoms with E-state index >= 15 is 0 Å². The van der Waals surface area contributed by atoms with E-state index in [0.29, 0.717) is 6.07 Å². The highest BCUT2D eigenvalue weighted by molar-refractivity contribution is 6.32. The van der Waals surface area contributed by atoms with Crippen molar-refractivity contribution in [1.82, 2.24) is 4.98 Å². The largest absolute Gasteiger partial charge is 0.454 e. The number of hydrogen-bond donors (Lipinski definition) is 0. The summed E-state index contributed by atoms with van der Waals surface area (Å²) in [5, 5.41) is 10.5. The fraction of sp³-hybridized carbons (Fsp3) is 0. The van der Waals surface area contributed by atoms with Crippen LogP contribution in [-0.2, 0) is 0 Å². The molecule has 0 saturated carbocycles. The molecule has 2 rings (SSSR count). The second-order valence-electron chi connectivity index (χ2n) is 3.41. The van der Waals surface area contributed by atoms with Gasteiger partial charge in [-0.05, 0) is 6.07 Å². The molecule has 0 aliphatic carbocycles. The Hall–Kier alpha value is -1.92. The van der Waals surface area contributed by atoms with Gasteiger partial charge in [-0.1, -0.05) is 23.2 Å². The zero-order chi connectivity index (χ0) is 14.0. The molecule has 0 bridgehead atoms. The minimum Gasteiger partial charge on any atom is -0.454 e. The van der Waals surface area contributed by atoms with Crippen LogP contribution in [-0.4, -0.2) is 9.91 Å². The van der Waals surface area contributed by atoms with Gasteiger partial charge in [-0.3, -0.25) is 10.1 Å². The van der Waals surface area contributed by atoms with E-state index in [1.807, 2.05) is 0 Å². The molecule has 0 aliphatic heterocycles. The van der Waals surface area contributed by atoms with Crippen LogP contribution in [0.5, 0.6) is 11.5 Å². The van der Waals surface area contributed by atoms with Crippen molar-refractivity contribution in [2.75, 3.05) is 0 Å². The second-order valence-corrected chi connectivity index (χ2v) is 4.20. The van der Waals surface area contributed by atoms with Crippen LogP contribution in [0.3, 0.4) is 0 Å². The van der Waals surface area contributed by atoms with E-state index in [-0.39, 0.29) is 21.7 Å². The van der Waals surface area contributed by atoms with Crippen LogP contribution < -0.4 is 4.74 Å². The molecule has 2 aromatic rings. The van der Waals surface area contributed by atoms with Gasteiger partial charge >= 0.3 is 0 Å². The van der Waals surface area contributed by atoms with Gasteiger partial charge in [0.2, 0.25) is 0 Å². The lowest BCUT2D eigenvalue weighted by molar-refractivity contribution is -0.384. The molecule has 0 atom stereocenters. The summed E-state index contributed by atoms with van der Waals surface area (Å²) in [4.78, 5) is 13.5. The molecule has 98 valence electrons. The quantitative estimate of drug-likeness (QED) is 0.483. The van der Waals surface area contributed by atoms with Gasteiger partial charge in [-0.15, -0.1) is 0 Å². The normalized spacial score (nSPS) is 10.3. The summed E-state index contributed by atoms with van der Waals surface area (Å²) in [7, 11) is 0. The molecule has 0 radical (unpaired) electrons. The standard InChI is InChI=1S/C11H5Cl2FN2O3/c12-7-4-10(8(14)5-9(7)16(17)18)19-6-1-2-15-11(13)3-6/h1-5H. The minimum absolute atomic E-state index is 0.172. The molecule has 0 fully saturated rings. The average molecular weight is 303 g/mol. The van der Waals surface area contributed by atoms with Gasteiger partial charge in [0.25, 0.3) is 5.69 Å². The lowest BCUT2D eigenvalue weighted by Gasteiger charge is -2.07. The fourth-order valence-corrected chi connectivity index (χ4v) is 1.70. The van der Waals surface area contributed by atoms with Crippen molar-refractivity contribution in [3.05, 3.63) is 56.6 Å². The topological polar surface area (TPSA) is 65.3 Å². The number of halogens is 3. The summed E-state index contributed by atoms with van der Waals surface area (Å²) in [6.07, 6.45) is 1.38. The Kier molecular flexibility index (Phi) is 3.82. The fourth-order valence-electron chi connectivity index (χ4n) is 1.31. The third-order valence-electron chi connectivity index (χ3n) is 2.12. The molecule has 0 unspecified atom stereocenters. The van der Waals surface area contributed by atoms with Crippen LogP contribution in [0.1, 0.15) is 0 Å². The first kappa shape index (κ1) is 13.5. The van der Waals surface area contributed by atoms with Crippen molar-refractivity contribution in [2.24, 2.45) is 0 Å². The van der Waals surface area contributed by atoms with Gasteiger partial charge in [-0.25, -0.2) is 9.37 Å². The van der Waals surface area contributed by atoms with Gasteiger partial charge in [0.1, 0.15) is 15.9 Å². The Bertz CT molecular complexity index is 652. The molecule has 19 heavy (non-hydrogen) atoms. The predicted molar refractivity (Wildman–Crippen MR) is 67.4 cm³/mol. The summed E-state index contributed by atoms with van der Waals surface area (Å²) in [6, 6.07) is 4.56. The van der Waals surface area contributed by atoms with Gasteiger partial charge in [-0.2, -0.15) is 0 Å². The smallest absolute Gasteiger partial charge is 0.291 e. The van der Waals surface area contributed by atoms with Crippen LogP contribution in [0.15, 0.2) is 30.5 Å². The van der Waals surface area contributed by atoms with Crippen LogP contribution in [0.2, 0.25) is 10.2 Å². The van der Waals surface area contributed by atoms with Crippen LogP contribution in [0.4, 0.5) is 10.1 Å². The Morgan fingerprint density at radius 2 is 2.05 bits per heavy atom. The lowest BCUT2D eigenvalue weighted by atomic mass is 10.3. The Morgan fingerprint density at radius 3 is 2.68 bits per heavy atom. The van der Waals surface area contributed by atoms with Crippen LogP contribution in [0.25, 0.3) is 0 Å². The predicted octanol–water partition coefficient (Wildman–Crippen LogP) is 4.23. The third kappa shape index (κ3) is 3.10. The molecule has 0 N–H and O–H groups in total. The molecule has 5 nitrogen and oxygen atoms in total. The van der Waals surface area contributed by atoms with E-state index in [2.05, 4.69) is 4.98 Å². The molecule has 1 aromatic heterocycles. The van der Waals surface area contributed by atoms with E-state index in [9.17, 15) is 14.5 Å². The number of ether oxygens (including phenoxy) is 1. The highest BCUT2D eigenvalue weighted by Crippen LogP contribution is 2.33. The molecular weight excluding hydrogens is 298 g/mol. The lowest BCUT2D eigenvalue weighted by Crippen LogP contribution is -1.94. The molecule has 0 amide bonds. The van der Waals surface area contributed by atoms with Crippen molar-refractivity contribution in [3.63, 3.8) is 0 Å². The zero-order valence-corrected chi connectivity index (χ0v) is 10.7. The van der Waals surface area contributed by atoms with Gasteiger partial charge < -0.3 is 4.74 Å². The first-order chi connectivity index (χ1) is 8.97. The van der Waals surface area contributed by atoms with Crippen molar-refractivity contribution in [3.8, 4) is 11.5 Å². The molecule has 1 heterocycles. The molecular formula is C11H5Cl2FN2O3. The summed E-state index contributed by atoms with van der Waals surface area (Å²) in [5.74, 6) is -0.897. The molecule has 0 saturated heterocycles. The molecule has 8 heteroatoms. The first-order valence-corrected chi connectivity index (χ1v) is 5.66. The highest BCUT2D eigenvalue weighted by Gasteiger charge is 2.18. The van der Waals surface area contributed by atoms with Gasteiger partial charge in [0.15, 0.2) is 11.6 Å². The van der Waals surface area contributed by atoms with Gasteiger partial charge in [0, 0.05) is 18.3 Å². The maximum atomic E-state index is 13.6. The monoisotopic (exact) mass is 302 g/mol. The first-order valence-electron chi connectivity index (χ1n) is 4.90. The maximum absolute atomic E-state index is 13.6. The highest BCUT2D eigenvalue weighted by atomic mass is 35.5. The summed E-state index contributed by atoms with van der Waals surface area (Å²) in [6.45, 7) is 0. The van der Waals surface area contributed by atoms with Crippen LogP contribution in [0, 0.1) is 15.9 Å². The number of nitro benzene ring substituents is 1. The SMILES string of the molecule is O=[N+]([O-])c1cc(F)c(Oc2ccnc(Cl)c2)cc1Cl. The second kappa shape index (κ2) is 5.38. The van der Waals surface area contributed by atoms with E-state index in [0.717, 1.165) is 6.07 Å². The number of hydrogen-bond acceptors (Lipinski definition) is 4. The van der Waals surface area contributed by atoms with E-state index in [4.69, 9.17) is 27.9 Å². The summed E-state index contributed by atoms with van der Waals surface area (Å²) >= 11 is 11.3. The Balaban J connectivity index is 2.36. The Morgan fingerprint density at radius 1 is 1.32 bits per heavy atom. The average Bonchev–Trinajstić information content (AvgIpc) is 2.33. The third-order valence-corrected chi connectivity index (χ3v) is 2.63. The Labute approximate surface area is 116 Å². The van der Waals surface area contributed by atoms with Gasteiger partial charge in [0.05, 0.1) is 11.0 Å². The summed E-state index contributed by atoms with van der Waals surface area (Å²) < 4.78 is 18.8. The van der Waals surface area contributed by atoms with Crippen molar-refractivity contribution in [1.29, 1.82) is 0 Å². The maximum Gasteiger partial charge on any atom is 0.291 e. The minimum atomic E-state index is -0.899. The summed E-state index contributed by atoms with van der Waals surface area (Å²) in [5.41, 5.74) is -0.528. The van der Waals surface area contributed by atoms with Crippen LogP contribution >= 0.6 is 23.2 Å². The molecule has 0 aliphatic rings. The van der Waals surface area contributed by atoms with E-state index in [1.54, 1.807) is 0 Å². The number of nitrogens with zero attached hydrogens (tertiary/aromatic N) is 2. The number of benzene rings is 1. The molecule has 0 spiro atoms. The number of rotatable bonds is 3. The van der Waals surface area contributed by atoms with Crippen molar-refractivity contribution >= 4 is 28.9 Å².